The van der Waals surface area contributed by atoms with Gasteiger partial charge in [0.05, 0.1) is 32.0 Å². The molecule has 1 aromatic heterocycles. The van der Waals surface area contributed by atoms with E-state index in [1.165, 1.54) is 5.69 Å². The van der Waals surface area contributed by atoms with Crippen LogP contribution in [0, 0.1) is 13.8 Å². The lowest BCUT2D eigenvalue weighted by atomic mass is 10.1. The van der Waals surface area contributed by atoms with Crippen LogP contribution in [0.25, 0.3) is 0 Å². The third kappa shape index (κ3) is 4.24. The number of benzene rings is 1. The number of piperazine rings is 1. The van der Waals surface area contributed by atoms with Crippen molar-refractivity contribution in [1.82, 2.24) is 19.6 Å². The van der Waals surface area contributed by atoms with Crippen molar-refractivity contribution in [2.24, 2.45) is 0 Å². The molecule has 1 saturated heterocycles. The van der Waals surface area contributed by atoms with Gasteiger partial charge in [0.2, 0.25) is 0 Å². The Hall–Kier alpha value is -2.54. The average Bonchev–Trinajstić information content (AvgIpc) is 3.02. The van der Waals surface area contributed by atoms with Crippen molar-refractivity contribution >= 4 is 5.91 Å². The number of hydrogen-bond donors (Lipinski definition) is 0. The van der Waals surface area contributed by atoms with E-state index in [4.69, 9.17) is 9.47 Å². The maximum atomic E-state index is 12.9. The molecule has 7 heteroatoms. The second-order valence-corrected chi connectivity index (χ2v) is 6.83. The van der Waals surface area contributed by atoms with Crippen molar-refractivity contribution < 1.29 is 14.3 Å². The number of para-hydroxylation sites is 1. The summed E-state index contributed by atoms with van der Waals surface area (Å²) in [6.07, 6.45) is 0. The van der Waals surface area contributed by atoms with Crippen LogP contribution in [0.2, 0.25) is 0 Å². The van der Waals surface area contributed by atoms with E-state index in [1.807, 2.05) is 22.6 Å². The van der Waals surface area contributed by atoms with Gasteiger partial charge in [-0.1, -0.05) is 6.07 Å². The summed E-state index contributed by atoms with van der Waals surface area (Å²) in [5, 5.41) is 4.51. The van der Waals surface area contributed by atoms with E-state index in [-0.39, 0.29) is 5.91 Å². The van der Waals surface area contributed by atoms with Crippen LogP contribution in [0.3, 0.4) is 0 Å². The van der Waals surface area contributed by atoms with E-state index in [9.17, 15) is 4.79 Å². The summed E-state index contributed by atoms with van der Waals surface area (Å²) in [5.74, 6) is 1.06. The lowest BCUT2D eigenvalue weighted by Gasteiger charge is -2.35. The zero-order valence-corrected chi connectivity index (χ0v) is 16.6. The van der Waals surface area contributed by atoms with Gasteiger partial charge in [-0.3, -0.25) is 14.4 Å². The highest BCUT2D eigenvalue weighted by atomic mass is 16.5. The Morgan fingerprint density at radius 2 is 1.81 bits per heavy atom. The van der Waals surface area contributed by atoms with E-state index in [2.05, 4.69) is 23.0 Å². The van der Waals surface area contributed by atoms with Gasteiger partial charge in [0.15, 0.2) is 11.5 Å². The minimum atomic E-state index is -0.0102. The van der Waals surface area contributed by atoms with Crippen LogP contribution in [0.4, 0.5) is 0 Å². The molecule has 7 nitrogen and oxygen atoms in total. The highest BCUT2D eigenvalue weighted by molar-refractivity contribution is 5.97. The topological polar surface area (TPSA) is 59.8 Å². The third-order valence-electron chi connectivity index (χ3n) is 5.02. The van der Waals surface area contributed by atoms with Crippen molar-refractivity contribution in [2.45, 2.75) is 20.4 Å². The molecule has 0 radical (unpaired) electrons. The quantitative estimate of drug-likeness (QED) is 0.776. The van der Waals surface area contributed by atoms with Gasteiger partial charge < -0.3 is 14.4 Å². The van der Waals surface area contributed by atoms with Crippen LogP contribution in [-0.4, -0.2) is 72.4 Å². The predicted molar refractivity (Wildman–Crippen MR) is 104 cm³/mol. The zero-order valence-electron chi connectivity index (χ0n) is 16.6. The molecule has 0 saturated carbocycles. The predicted octanol–water partition coefficient (Wildman–Crippen LogP) is 1.98. The van der Waals surface area contributed by atoms with Gasteiger partial charge in [0, 0.05) is 38.4 Å². The molecular weight excluding hydrogens is 344 g/mol. The molecule has 3 rings (SSSR count). The van der Waals surface area contributed by atoms with Gasteiger partial charge in [-0.2, -0.15) is 5.10 Å². The largest absolute Gasteiger partial charge is 0.493 e. The zero-order chi connectivity index (χ0) is 19.4. The molecule has 2 heterocycles. The second kappa shape index (κ2) is 8.43. The fraction of sp³-hybridized carbons (Fsp3) is 0.500. The first-order valence-electron chi connectivity index (χ1n) is 9.27. The SMILES string of the molecule is COc1cccc(C(=O)N2CCN(CCn3nc(C)cc3C)CC2)c1OC. The Morgan fingerprint density at radius 3 is 2.41 bits per heavy atom. The fourth-order valence-electron chi connectivity index (χ4n) is 3.54. The van der Waals surface area contributed by atoms with Crippen LogP contribution in [0.15, 0.2) is 24.3 Å². The maximum Gasteiger partial charge on any atom is 0.257 e. The molecule has 0 aliphatic carbocycles. The van der Waals surface area contributed by atoms with Gasteiger partial charge >= 0.3 is 0 Å². The molecule has 0 bridgehead atoms. The second-order valence-electron chi connectivity index (χ2n) is 6.83. The van der Waals surface area contributed by atoms with E-state index >= 15 is 0 Å². The minimum Gasteiger partial charge on any atom is -0.493 e. The van der Waals surface area contributed by atoms with Crippen LogP contribution < -0.4 is 9.47 Å². The molecule has 1 amide bonds. The number of amides is 1. The molecule has 0 N–H and O–H groups in total. The van der Waals surface area contributed by atoms with Crippen molar-refractivity contribution in [3.05, 3.63) is 41.2 Å². The molecule has 1 aliphatic rings. The number of carbonyl (C=O) groups is 1. The van der Waals surface area contributed by atoms with Gasteiger partial charge in [0.1, 0.15) is 0 Å². The third-order valence-corrected chi connectivity index (χ3v) is 5.02. The summed E-state index contributed by atoms with van der Waals surface area (Å²) in [5.41, 5.74) is 2.79. The molecule has 0 spiro atoms. The summed E-state index contributed by atoms with van der Waals surface area (Å²) in [4.78, 5) is 17.2. The Morgan fingerprint density at radius 1 is 1.07 bits per heavy atom. The van der Waals surface area contributed by atoms with E-state index < -0.39 is 0 Å². The highest BCUT2D eigenvalue weighted by Gasteiger charge is 2.25. The number of ether oxygens (including phenoxy) is 2. The van der Waals surface area contributed by atoms with Crippen LogP contribution >= 0.6 is 0 Å². The van der Waals surface area contributed by atoms with Crippen molar-refractivity contribution in [3.8, 4) is 11.5 Å². The first-order chi connectivity index (χ1) is 13.0. The molecular formula is C20H28N4O3. The van der Waals surface area contributed by atoms with Gasteiger partial charge in [-0.05, 0) is 32.0 Å². The van der Waals surface area contributed by atoms with Crippen LogP contribution in [0.5, 0.6) is 11.5 Å². The Balaban J connectivity index is 1.57. The van der Waals surface area contributed by atoms with Crippen molar-refractivity contribution in [2.75, 3.05) is 46.9 Å². The smallest absolute Gasteiger partial charge is 0.257 e. The normalized spacial score (nSPS) is 15.0. The lowest BCUT2D eigenvalue weighted by molar-refractivity contribution is 0.0628. The number of rotatable bonds is 6. The monoisotopic (exact) mass is 372 g/mol. The Bertz CT molecular complexity index is 795. The first-order valence-corrected chi connectivity index (χ1v) is 9.27. The Kier molecular flexibility index (Phi) is 6.01. The highest BCUT2D eigenvalue weighted by Crippen LogP contribution is 2.31. The standard InChI is InChI=1S/C20H28N4O3/c1-15-14-16(2)24(21-15)13-10-22-8-11-23(12-9-22)20(25)17-6-5-7-18(26-3)19(17)27-4/h5-7,14H,8-13H2,1-4H3. The number of aromatic nitrogens is 2. The number of nitrogens with zero attached hydrogens (tertiary/aromatic N) is 4. The minimum absolute atomic E-state index is 0.0102. The number of aryl methyl sites for hydroxylation is 2. The van der Waals surface area contributed by atoms with E-state index in [1.54, 1.807) is 26.4 Å². The van der Waals surface area contributed by atoms with Gasteiger partial charge in [-0.25, -0.2) is 0 Å². The molecule has 1 aliphatic heterocycles. The molecule has 0 atom stereocenters. The number of hydrogen-bond acceptors (Lipinski definition) is 5. The number of carbonyl (C=O) groups excluding carboxylic acids is 1. The summed E-state index contributed by atoms with van der Waals surface area (Å²) in [6.45, 7) is 9.03. The Labute approximate surface area is 160 Å². The molecule has 0 unspecified atom stereocenters. The average molecular weight is 372 g/mol. The van der Waals surface area contributed by atoms with Crippen molar-refractivity contribution in [3.63, 3.8) is 0 Å². The van der Waals surface area contributed by atoms with Crippen LogP contribution in [-0.2, 0) is 6.54 Å². The molecule has 2 aromatic rings. The summed E-state index contributed by atoms with van der Waals surface area (Å²) < 4.78 is 12.8. The lowest BCUT2D eigenvalue weighted by Crippen LogP contribution is -2.49. The van der Waals surface area contributed by atoms with Gasteiger partial charge in [0.25, 0.3) is 5.91 Å². The number of methoxy groups -OCH3 is 2. The first kappa shape index (κ1) is 19.2. The summed E-state index contributed by atoms with van der Waals surface area (Å²) in [7, 11) is 3.14. The van der Waals surface area contributed by atoms with E-state index in [0.29, 0.717) is 30.2 Å². The van der Waals surface area contributed by atoms with Crippen LogP contribution in [0.1, 0.15) is 21.7 Å². The summed E-state index contributed by atoms with van der Waals surface area (Å²) in [6, 6.07) is 7.50. The molecule has 27 heavy (non-hydrogen) atoms. The molecule has 146 valence electrons. The molecule has 1 aromatic carbocycles. The fourth-order valence-corrected chi connectivity index (χ4v) is 3.54. The maximum absolute atomic E-state index is 12.9. The summed E-state index contributed by atoms with van der Waals surface area (Å²) >= 11 is 0. The van der Waals surface area contributed by atoms with Crippen molar-refractivity contribution in [1.29, 1.82) is 0 Å². The van der Waals surface area contributed by atoms with E-state index in [0.717, 1.165) is 31.9 Å². The van der Waals surface area contributed by atoms with Gasteiger partial charge in [-0.15, -0.1) is 0 Å². The molecule has 1 fully saturated rings.